The van der Waals surface area contributed by atoms with Crippen molar-refractivity contribution in [2.75, 3.05) is 26.3 Å². The van der Waals surface area contributed by atoms with Gasteiger partial charge in [-0.25, -0.2) is 0 Å². The molecule has 0 aliphatic carbocycles. The summed E-state index contributed by atoms with van der Waals surface area (Å²) >= 11 is 0. The Morgan fingerprint density at radius 3 is 2.53 bits per heavy atom. The molecule has 2 fully saturated rings. The van der Waals surface area contributed by atoms with Crippen LogP contribution in [-0.4, -0.2) is 42.1 Å². The van der Waals surface area contributed by atoms with E-state index in [0.717, 1.165) is 56.3 Å². The molecule has 3 heterocycles. The third-order valence-electron chi connectivity index (χ3n) is 7.51. The Kier molecular flexibility index (Phi) is 5.97. The minimum absolute atomic E-state index is 0.303. The molecule has 0 saturated carbocycles. The van der Waals surface area contributed by atoms with Crippen LogP contribution < -0.4 is 0 Å². The predicted octanol–water partition coefficient (Wildman–Crippen LogP) is 5.07. The highest BCUT2D eigenvalue weighted by Gasteiger charge is 2.44. The average molecular weight is 429 g/mol. The summed E-state index contributed by atoms with van der Waals surface area (Å²) in [6.45, 7) is 5.11. The number of ether oxygens (including phenoxy) is 1. The molecule has 4 nitrogen and oxygen atoms in total. The summed E-state index contributed by atoms with van der Waals surface area (Å²) in [5.41, 5.74) is 4.40. The van der Waals surface area contributed by atoms with Gasteiger partial charge in [-0.2, -0.15) is 0 Å². The standard InChI is InChI=1S/C28H32N2O2/c1-21-7-9-24(10-8-21)28(13-18-32-19-14-28)27(31)30-16-11-22(12-17-30)20-23-4-2-6-26-25(23)5-3-15-29-26/h2-10,15,22H,11-14,16-20H2,1H3. The SMILES string of the molecule is Cc1ccc(C2(C(=O)N3CCC(Cc4cccc5ncccc45)CC3)CCOCC2)cc1. The number of fused-ring (bicyclic) bond motifs is 1. The number of likely N-dealkylation sites (tertiary alicyclic amines) is 1. The molecule has 166 valence electrons. The first-order valence-electron chi connectivity index (χ1n) is 11.9. The van der Waals surface area contributed by atoms with Crippen molar-refractivity contribution in [3.63, 3.8) is 0 Å². The van der Waals surface area contributed by atoms with Crippen molar-refractivity contribution in [2.45, 2.75) is 44.4 Å². The molecular weight excluding hydrogens is 396 g/mol. The molecule has 2 aromatic carbocycles. The van der Waals surface area contributed by atoms with Crippen LogP contribution in [0.4, 0.5) is 0 Å². The molecule has 0 spiro atoms. The van der Waals surface area contributed by atoms with Crippen LogP contribution in [-0.2, 0) is 21.4 Å². The molecule has 1 aromatic heterocycles. The highest BCUT2D eigenvalue weighted by Crippen LogP contribution is 2.38. The third-order valence-corrected chi connectivity index (χ3v) is 7.51. The molecule has 3 aromatic rings. The second-order valence-electron chi connectivity index (χ2n) is 9.49. The van der Waals surface area contributed by atoms with Gasteiger partial charge in [0.25, 0.3) is 0 Å². The maximum Gasteiger partial charge on any atom is 0.233 e. The molecule has 0 N–H and O–H groups in total. The number of amides is 1. The smallest absolute Gasteiger partial charge is 0.233 e. The van der Waals surface area contributed by atoms with Crippen molar-refractivity contribution in [3.05, 3.63) is 77.5 Å². The number of carbonyl (C=O) groups excluding carboxylic acids is 1. The molecule has 2 aliphatic rings. The van der Waals surface area contributed by atoms with Crippen molar-refractivity contribution in [2.24, 2.45) is 5.92 Å². The normalized spacial score (nSPS) is 19.2. The van der Waals surface area contributed by atoms with E-state index in [1.807, 2.05) is 12.3 Å². The lowest BCUT2D eigenvalue weighted by molar-refractivity contribution is -0.142. The summed E-state index contributed by atoms with van der Waals surface area (Å²) in [5.74, 6) is 0.910. The summed E-state index contributed by atoms with van der Waals surface area (Å²) in [7, 11) is 0. The van der Waals surface area contributed by atoms with E-state index >= 15 is 0 Å². The highest BCUT2D eigenvalue weighted by molar-refractivity contribution is 5.88. The van der Waals surface area contributed by atoms with Crippen molar-refractivity contribution >= 4 is 16.8 Å². The number of rotatable bonds is 4. The topological polar surface area (TPSA) is 42.4 Å². The van der Waals surface area contributed by atoms with Crippen LogP contribution in [0, 0.1) is 12.8 Å². The first-order valence-corrected chi connectivity index (χ1v) is 11.9. The maximum absolute atomic E-state index is 13.9. The summed E-state index contributed by atoms with van der Waals surface area (Å²) < 4.78 is 5.65. The zero-order chi connectivity index (χ0) is 22.0. The van der Waals surface area contributed by atoms with Gasteiger partial charge in [-0.3, -0.25) is 9.78 Å². The van der Waals surface area contributed by atoms with Crippen LogP contribution in [0.25, 0.3) is 10.9 Å². The van der Waals surface area contributed by atoms with Crippen molar-refractivity contribution < 1.29 is 9.53 Å². The number of carbonyl (C=O) groups is 1. The number of benzene rings is 2. The Bertz CT molecular complexity index is 1070. The van der Waals surface area contributed by atoms with Crippen LogP contribution in [0.5, 0.6) is 0 Å². The van der Waals surface area contributed by atoms with E-state index in [9.17, 15) is 4.79 Å². The highest BCUT2D eigenvalue weighted by atomic mass is 16.5. The zero-order valence-electron chi connectivity index (χ0n) is 18.9. The van der Waals surface area contributed by atoms with Gasteiger partial charge in [-0.05, 0) is 68.2 Å². The Hall–Kier alpha value is -2.72. The predicted molar refractivity (Wildman–Crippen MR) is 128 cm³/mol. The number of hydrogen-bond donors (Lipinski definition) is 0. The van der Waals surface area contributed by atoms with E-state index in [-0.39, 0.29) is 0 Å². The molecule has 2 saturated heterocycles. The fourth-order valence-corrected chi connectivity index (χ4v) is 5.52. The Morgan fingerprint density at radius 2 is 1.78 bits per heavy atom. The van der Waals surface area contributed by atoms with Crippen LogP contribution in [0.1, 0.15) is 42.4 Å². The fraction of sp³-hybridized carbons (Fsp3) is 0.429. The molecule has 2 aliphatic heterocycles. The number of nitrogens with zero attached hydrogens (tertiary/aromatic N) is 2. The maximum atomic E-state index is 13.9. The summed E-state index contributed by atoms with van der Waals surface area (Å²) in [6, 6.07) is 19.2. The molecular formula is C28H32N2O2. The first-order chi connectivity index (χ1) is 15.7. The van der Waals surface area contributed by atoms with Gasteiger partial charge in [0, 0.05) is 37.9 Å². The summed E-state index contributed by atoms with van der Waals surface area (Å²) in [6.07, 6.45) is 6.58. The van der Waals surface area contributed by atoms with Gasteiger partial charge < -0.3 is 9.64 Å². The number of hydrogen-bond acceptors (Lipinski definition) is 3. The molecule has 5 rings (SSSR count). The van der Waals surface area contributed by atoms with E-state index in [4.69, 9.17) is 4.74 Å². The van der Waals surface area contributed by atoms with E-state index in [2.05, 4.69) is 65.3 Å². The quantitative estimate of drug-likeness (QED) is 0.582. The monoisotopic (exact) mass is 428 g/mol. The molecule has 1 amide bonds. The lowest BCUT2D eigenvalue weighted by Crippen LogP contribution is -2.52. The number of aromatic nitrogens is 1. The Labute approximate surface area is 190 Å². The molecule has 4 heteroatoms. The lowest BCUT2D eigenvalue weighted by Gasteiger charge is -2.42. The molecule has 32 heavy (non-hydrogen) atoms. The molecule has 0 unspecified atom stereocenters. The van der Waals surface area contributed by atoms with Crippen molar-refractivity contribution in [1.29, 1.82) is 0 Å². The number of pyridine rings is 1. The average Bonchev–Trinajstić information content (AvgIpc) is 2.85. The van der Waals surface area contributed by atoms with Gasteiger partial charge in [-0.15, -0.1) is 0 Å². The van der Waals surface area contributed by atoms with Crippen LogP contribution in [0.3, 0.4) is 0 Å². The van der Waals surface area contributed by atoms with Gasteiger partial charge in [0.15, 0.2) is 0 Å². The van der Waals surface area contributed by atoms with Gasteiger partial charge in [0.1, 0.15) is 0 Å². The summed E-state index contributed by atoms with van der Waals surface area (Å²) in [5, 5.41) is 1.26. The molecule has 0 bridgehead atoms. The van der Waals surface area contributed by atoms with E-state index in [1.54, 1.807) is 0 Å². The largest absolute Gasteiger partial charge is 0.381 e. The third kappa shape index (κ3) is 4.04. The van der Waals surface area contributed by atoms with Crippen molar-refractivity contribution in [3.8, 4) is 0 Å². The molecule has 0 atom stereocenters. The zero-order valence-corrected chi connectivity index (χ0v) is 18.9. The van der Waals surface area contributed by atoms with Gasteiger partial charge in [0.05, 0.1) is 10.9 Å². The van der Waals surface area contributed by atoms with Gasteiger partial charge >= 0.3 is 0 Å². The van der Waals surface area contributed by atoms with E-state index in [1.165, 1.54) is 16.5 Å². The summed E-state index contributed by atoms with van der Waals surface area (Å²) in [4.78, 5) is 20.5. The lowest BCUT2D eigenvalue weighted by atomic mass is 9.72. The second-order valence-corrected chi connectivity index (χ2v) is 9.49. The first kappa shape index (κ1) is 21.1. The fourth-order valence-electron chi connectivity index (χ4n) is 5.52. The number of piperidine rings is 1. The van der Waals surface area contributed by atoms with Crippen molar-refractivity contribution in [1.82, 2.24) is 9.88 Å². The van der Waals surface area contributed by atoms with Crippen LogP contribution in [0.2, 0.25) is 0 Å². The van der Waals surface area contributed by atoms with Gasteiger partial charge in [-0.1, -0.05) is 48.0 Å². The minimum atomic E-state index is -0.430. The number of aryl methyl sites for hydroxylation is 1. The second kappa shape index (κ2) is 9.03. The Balaban J connectivity index is 1.29. The van der Waals surface area contributed by atoms with Crippen LogP contribution in [0.15, 0.2) is 60.8 Å². The van der Waals surface area contributed by atoms with Crippen LogP contribution >= 0.6 is 0 Å². The Morgan fingerprint density at radius 1 is 1.03 bits per heavy atom. The van der Waals surface area contributed by atoms with E-state index in [0.29, 0.717) is 25.0 Å². The van der Waals surface area contributed by atoms with E-state index < -0.39 is 5.41 Å². The minimum Gasteiger partial charge on any atom is -0.381 e. The van der Waals surface area contributed by atoms with Gasteiger partial charge in [0.2, 0.25) is 5.91 Å². The molecule has 0 radical (unpaired) electrons.